The van der Waals surface area contributed by atoms with Crippen LogP contribution in [0.4, 0.5) is 5.69 Å². The highest BCUT2D eigenvalue weighted by Crippen LogP contribution is 2.38. The lowest BCUT2D eigenvalue weighted by Gasteiger charge is -2.04. The van der Waals surface area contributed by atoms with Crippen molar-refractivity contribution in [2.75, 3.05) is 5.73 Å². The Morgan fingerprint density at radius 2 is 2.00 bits per heavy atom. The average Bonchev–Trinajstić information content (AvgIpc) is 3.03. The first kappa shape index (κ1) is 9.33. The van der Waals surface area contributed by atoms with Gasteiger partial charge in [-0.1, -0.05) is 12.1 Å². The van der Waals surface area contributed by atoms with Crippen molar-refractivity contribution in [2.24, 2.45) is 0 Å². The Bertz CT molecular complexity index is 483. The molecule has 2 N–H and O–H groups in total. The van der Waals surface area contributed by atoms with E-state index in [-0.39, 0.29) is 0 Å². The highest BCUT2D eigenvalue weighted by Gasteiger charge is 2.29. The van der Waals surface area contributed by atoms with Crippen LogP contribution in [-0.4, -0.2) is 20.2 Å². The van der Waals surface area contributed by atoms with Crippen molar-refractivity contribution >= 4 is 5.69 Å². The summed E-state index contributed by atoms with van der Waals surface area (Å²) in [6.45, 7) is 0.721. The van der Waals surface area contributed by atoms with E-state index in [9.17, 15) is 0 Å². The zero-order valence-electron chi connectivity index (χ0n) is 8.87. The number of tetrazole rings is 1. The molecule has 5 nitrogen and oxygen atoms in total. The van der Waals surface area contributed by atoms with Crippen LogP contribution in [-0.2, 0) is 6.54 Å². The standard InChI is InChI=1S/C11H13N5/c12-10-5-1-8(2-6-10)7-16-11(9-3-4-9)13-14-15-16/h1-2,5-6,9H,3-4,7,12H2. The molecule has 1 aromatic carbocycles. The van der Waals surface area contributed by atoms with E-state index in [1.165, 1.54) is 18.4 Å². The van der Waals surface area contributed by atoms with E-state index in [0.717, 1.165) is 18.1 Å². The number of nitrogen functional groups attached to an aromatic ring is 1. The largest absolute Gasteiger partial charge is 0.399 e. The second kappa shape index (κ2) is 3.59. The minimum Gasteiger partial charge on any atom is -0.399 e. The van der Waals surface area contributed by atoms with Crippen LogP contribution in [0.25, 0.3) is 0 Å². The Hall–Kier alpha value is -1.91. The molecule has 82 valence electrons. The molecular weight excluding hydrogens is 202 g/mol. The van der Waals surface area contributed by atoms with Crippen LogP contribution in [0.5, 0.6) is 0 Å². The van der Waals surface area contributed by atoms with Crippen LogP contribution < -0.4 is 5.73 Å². The van der Waals surface area contributed by atoms with Crippen molar-refractivity contribution in [1.82, 2.24) is 20.2 Å². The second-order valence-electron chi connectivity index (χ2n) is 4.21. The Morgan fingerprint density at radius 3 is 2.69 bits per heavy atom. The average molecular weight is 215 g/mol. The van der Waals surface area contributed by atoms with Crippen LogP contribution in [0.15, 0.2) is 24.3 Å². The minimum absolute atomic E-state index is 0.573. The Labute approximate surface area is 93.3 Å². The molecule has 0 unspecified atom stereocenters. The van der Waals surface area contributed by atoms with E-state index in [1.807, 2.05) is 28.9 Å². The summed E-state index contributed by atoms with van der Waals surface area (Å²) in [6.07, 6.45) is 2.42. The fraction of sp³-hybridized carbons (Fsp3) is 0.364. The summed E-state index contributed by atoms with van der Waals surface area (Å²) in [5, 5.41) is 11.8. The fourth-order valence-corrected chi connectivity index (χ4v) is 1.75. The molecule has 0 bridgehead atoms. The van der Waals surface area contributed by atoms with Crippen molar-refractivity contribution in [3.8, 4) is 0 Å². The van der Waals surface area contributed by atoms with Gasteiger partial charge in [0.05, 0.1) is 6.54 Å². The van der Waals surface area contributed by atoms with Crippen molar-refractivity contribution in [1.29, 1.82) is 0 Å². The number of nitrogens with zero attached hydrogens (tertiary/aromatic N) is 4. The van der Waals surface area contributed by atoms with E-state index >= 15 is 0 Å². The number of anilines is 1. The normalized spacial score (nSPS) is 15.2. The molecule has 3 rings (SSSR count). The van der Waals surface area contributed by atoms with Crippen molar-refractivity contribution in [3.05, 3.63) is 35.7 Å². The van der Waals surface area contributed by atoms with Gasteiger partial charge in [0.25, 0.3) is 0 Å². The molecule has 0 aliphatic heterocycles. The molecule has 0 amide bonds. The summed E-state index contributed by atoms with van der Waals surface area (Å²) in [5.74, 6) is 1.58. The summed E-state index contributed by atoms with van der Waals surface area (Å²) in [7, 11) is 0. The monoisotopic (exact) mass is 215 g/mol. The van der Waals surface area contributed by atoms with E-state index in [1.54, 1.807) is 0 Å². The topological polar surface area (TPSA) is 69.6 Å². The highest BCUT2D eigenvalue weighted by atomic mass is 15.5. The van der Waals surface area contributed by atoms with Gasteiger partial charge in [0, 0.05) is 11.6 Å². The van der Waals surface area contributed by atoms with Gasteiger partial charge < -0.3 is 5.73 Å². The van der Waals surface area contributed by atoms with Crippen LogP contribution >= 0.6 is 0 Å². The molecule has 16 heavy (non-hydrogen) atoms. The molecule has 0 spiro atoms. The predicted molar refractivity (Wildman–Crippen MR) is 59.7 cm³/mol. The van der Waals surface area contributed by atoms with E-state index in [2.05, 4.69) is 15.5 Å². The number of hydrogen-bond donors (Lipinski definition) is 1. The lowest BCUT2D eigenvalue weighted by Crippen LogP contribution is -2.06. The molecule has 1 saturated carbocycles. The van der Waals surface area contributed by atoms with Gasteiger partial charge in [-0.25, -0.2) is 4.68 Å². The number of rotatable bonds is 3. The van der Waals surface area contributed by atoms with Crippen molar-refractivity contribution in [2.45, 2.75) is 25.3 Å². The van der Waals surface area contributed by atoms with Gasteiger partial charge in [-0.3, -0.25) is 0 Å². The summed E-state index contributed by atoms with van der Waals surface area (Å²) < 4.78 is 1.88. The lowest BCUT2D eigenvalue weighted by atomic mass is 10.2. The zero-order chi connectivity index (χ0) is 11.0. The zero-order valence-corrected chi connectivity index (χ0v) is 8.87. The van der Waals surface area contributed by atoms with Gasteiger partial charge in [0.2, 0.25) is 0 Å². The van der Waals surface area contributed by atoms with Gasteiger partial charge in [-0.15, -0.1) is 5.10 Å². The lowest BCUT2D eigenvalue weighted by molar-refractivity contribution is 0.619. The molecule has 1 aliphatic rings. The smallest absolute Gasteiger partial charge is 0.154 e. The van der Waals surface area contributed by atoms with Gasteiger partial charge in [-0.05, 0) is 41.0 Å². The minimum atomic E-state index is 0.573. The summed E-state index contributed by atoms with van der Waals surface area (Å²) in [5.41, 5.74) is 7.59. The molecule has 1 aliphatic carbocycles. The van der Waals surface area contributed by atoms with E-state index in [0.29, 0.717) is 5.92 Å². The number of aromatic nitrogens is 4. The van der Waals surface area contributed by atoms with E-state index in [4.69, 9.17) is 5.73 Å². The maximum absolute atomic E-state index is 5.64. The van der Waals surface area contributed by atoms with Crippen LogP contribution in [0.2, 0.25) is 0 Å². The maximum Gasteiger partial charge on any atom is 0.154 e. The molecule has 1 heterocycles. The first-order valence-corrected chi connectivity index (χ1v) is 5.43. The number of nitrogens with two attached hydrogens (primary N) is 1. The first-order chi connectivity index (χ1) is 7.83. The van der Waals surface area contributed by atoms with Gasteiger partial charge in [0.1, 0.15) is 0 Å². The van der Waals surface area contributed by atoms with Gasteiger partial charge in [-0.2, -0.15) is 0 Å². The van der Waals surface area contributed by atoms with Crippen molar-refractivity contribution < 1.29 is 0 Å². The fourth-order valence-electron chi connectivity index (χ4n) is 1.75. The predicted octanol–water partition coefficient (Wildman–Crippen LogP) is 1.18. The van der Waals surface area contributed by atoms with Gasteiger partial charge >= 0.3 is 0 Å². The first-order valence-electron chi connectivity index (χ1n) is 5.43. The molecule has 1 aromatic heterocycles. The summed E-state index contributed by atoms with van der Waals surface area (Å²) in [6, 6.07) is 7.81. The number of hydrogen-bond acceptors (Lipinski definition) is 4. The molecular formula is C11H13N5. The molecule has 0 atom stereocenters. The third-order valence-corrected chi connectivity index (χ3v) is 2.81. The number of benzene rings is 1. The van der Waals surface area contributed by atoms with Crippen LogP contribution in [0, 0.1) is 0 Å². The van der Waals surface area contributed by atoms with Crippen LogP contribution in [0.3, 0.4) is 0 Å². The van der Waals surface area contributed by atoms with Crippen molar-refractivity contribution in [3.63, 3.8) is 0 Å². The van der Waals surface area contributed by atoms with E-state index < -0.39 is 0 Å². The third kappa shape index (κ3) is 1.76. The Morgan fingerprint density at radius 1 is 1.25 bits per heavy atom. The van der Waals surface area contributed by atoms with Crippen LogP contribution in [0.1, 0.15) is 30.1 Å². The summed E-state index contributed by atoms with van der Waals surface area (Å²) in [4.78, 5) is 0. The Kier molecular flexibility index (Phi) is 2.09. The second-order valence-corrected chi connectivity index (χ2v) is 4.21. The maximum atomic E-state index is 5.64. The SMILES string of the molecule is Nc1ccc(Cn2nnnc2C2CC2)cc1. The quantitative estimate of drug-likeness (QED) is 0.780. The Balaban J connectivity index is 1.82. The highest BCUT2D eigenvalue weighted by molar-refractivity contribution is 5.39. The molecule has 0 saturated heterocycles. The molecule has 5 heteroatoms. The molecule has 2 aromatic rings. The molecule has 1 fully saturated rings. The molecule has 0 radical (unpaired) electrons. The van der Waals surface area contributed by atoms with Gasteiger partial charge in [0.15, 0.2) is 5.82 Å². The summed E-state index contributed by atoms with van der Waals surface area (Å²) >= 11 is 0. The third-order valence-electron chi connectivity index (χ3n) is 2.81.